The number of carbonyl (C=O) groups is 2. The fourth-order valence-electron chi connectivity index (χ4n) is 1.33. The molecular formula is C11H11FO4. The summed E-state index contributed by atoms with van der Waals surface area (Å²) in [7, 11) is 1.18. The molecule has 1 aromatic rings. The molecule has 4 nitrogen and oxygen atoms in total. The van der Waals surface area contributed by atoms with E-state index in [0.29, 0.717) is 0 Å². The molecule has 0 saturated carbocycles. The lowest BCUT2D eigenvalue weighted by molar-refractivity contribution is -0.136. The van der Waals surface area contributed by atoms with E-state index in [0.717, 1.165) is 6.07 Å². The van der Waals surface area contributed by atoms with Gasteiger partial charge in [0.05, 0.1) is 19.1 Å². The van der Waals surface area contributed by atoms with Gasteiger partial charge in [-0.15, -0.1) is 0 Å². The normalized spacial score (nSPS) is 9.94. The first-order valence-corrected chi connectivity index (χ1v) is 4.55. The molecule has 0 aliphatic carbocycles. The van der Waals surface area contributed by atoms with Crippen molar-refractivity contribution >= 4 is 11.9 Å². The van der Waals surface area contributed by atoms with Gasteiger partial charge < -0.3 is 9.84 Å². The van der Waals surface area contributed by atoms with Crippen LogP contribution in [0.5, 0.6) is 0 Å². The Hall–Kier alpha value is -1.91. The monoisotopic (exact) mass is 226 g/mol. The van der Waals surface area contributed by atoms with E-state index in [4.69, 9.17) is 5.11 Å². The minimum absolute atomic E-state index is 0.0544. The van der Waals surface area contributed by atoms with Crippen LogP contribution in [0.1, 0.15) is 21.5 Å². The molecule has 0 aromatic heterocycles. The van der Waals surface area contributed by atoms with Gasteiger partial charge >= 0.3 is 11.9 Å². The maximum Gasteiger partial charge on any atom is 0.338 e. The minimum atomic E-state index is -1.08. The summed E-state index contributed by atoms with van der Waals surface area (Å²) in [6.07, 6.45) is -0.332. The van der Waals surface area contributed by atoms with Gasteiger partial charge in [-0.25, -0.2) is 9.18 Å². The Morgan fingerprint density at radius 1 is 1.44 bits per heavy atom. The molecule has 0 fully saturated rings. The SMILES string of the molecule is COC(=O)c1cc(CC(=O)O)cc(F)c1C. The highest BCUT2D eigenvalue weighted by Crippen LogP contribution is 2.17. The van der Waals surface area contributed by atoms with Crippen LogP contribution < -0.4 is 0 Å². The van der Waals surface area contributed by atoms with Gasteiger partial charge in [0.25, 0.3) is 0 Å². The summed E-state index contributed by atoms with van der Waals surface area (Å²) in [6, 6.07) is 2.44. The average Bonchev–Trinajstić information content (AvgIpc) is 2.21. The summed E-state index contributed by atoms with van der Waals surface area (Å²) >= 11 is 0. The van der Waals surface area contributed by atoms with E-state index in [9.17, 15) is 14.0 Å². The minimum Gasteiger partial charge on any atom is -0.481 e. The summed E-state index contributed by atoms with van der Waals surface area (Å²) in [6.45, 7) is 1.44. The van der Waals surface area contributed by atoms with E-state index < -0.39 is 17.8 Å². The number of methoxy groups -OCH3 is 1. The second-order valence-corrected chi connectivity index (χ2v) is 3.31. The first-order chi connectivity index (χ1) is 7.45. The molecular weight excluding hydrogens is 215 g/mol. The largest absolute Gasteiger partial charge is 0.481 e. The molecule has 0 heterocycles. The fourth-order valence-corrected chi connectivity index (χ4v) is 1.33. The number of rotatable bonds is 3. The number of carboxylic acid groups (broad SMARTS) is 1. The maximum atomic E-state index is 13.4. The van der Waals surface area contributed by atoms with E-state index in [-0.39, 0.29) is 23.1 Å². The molecule has 5 heteroatoms. The van der Waals surface area contributed by atoms with Crippen LogP contribution in [0.15, 0.2) is 12.1 Å². The highest BCUT2D eigenvalue weighted by molar-refractivity contribution is 5.91. The highest BCUT2D eigenvalue weighted by Gasteiger charge is 2.15. The Bertz CT molecular complexity index is 440. The third kappa shape index (κ3) is 2.56. The molecule has 0 atom stereocenters. The third-order valence-electron chi connectivity index (χ3n) is 2.16. The number of hydrogen-bond acceptors (Lipinski definition) is 3. The quantitative estimate of drug-likeness (QED) is 0.794. The number of esters is 1. The van der Waals surface area contributed by atoms with Crippen molar-refractivity contribution in [3.05, 3.63) is 34.6 Å². The van der Waals surface area contributed by atoms with Crippen LogP contribution in [0.2, 0.25) is 0 Å². The first-order valence-electron chi connectivity index (χ1n) is 4.55. The lowest BCUT2D eigenvalue weighted by atomic mass is 10.0. The Morgan fingerprint density at radius 3 is 2.56 bits per heavy atom. The van der Waals surface area contributed by atoms with Crippen LogP contribution in [0.25, 0.3) is 0 Å². The van der Waals surface area contributed by atoms with E-state index in [1.54, 1.807) is 0 Å². The smallest absolute Gasteiger partial charge is 0.338 e. The van der Waals surface area contributed by atoms with Crippen molar-refractivity contribution in [2.45, 2.75) is 13.3 Å². The lowest BCUT2D eigenvalue weighted by Crippen LogP contribution is -2.08. The molecule has 1 N–H and O–H groups in total. The molecule has 0 unspecified atom stereocenters. The van der Waals surface area contributed by atoms with Crippen molar-refractivity contribution in [3.8, 4) is 0 Å². The molecule has 1 aromatic carbocycles. The van der Waals surface area contributed by atoms with Gasteiger partial charge in [-0.3, -0.25) is 4.79 Å². The third-order valence-corrected chi connectivity index (χ3v) is 2.16. The summed E-state index contributed by atoms with van der Waals surface area (Å²) in [5.41, 5.74) is 0.440. The van der Waals surface area contributed by atoms with E-state index in [2.05, 4.69) is 4.74 Å². The highest BCUT2D eigenvalue weighted by atomic mass is 19.1. The summed E-state index contributed by atoms with van der Waals surface area (Å²) in [5, 5.41) is 8.58. The van der Waals surface area contributed by atoms with Crippen molar-refractivity contribution in [3.63, 3.8) is 0 Å². The van der Waals surface area contributed by atoms with Crippen LogP contribution in [0.3, 0.4) is 0 Å². The molecule has 0 amide bonds. The van der Waals surface area contributed by atoms with Crippen molar-refractivity contribution in [2.24, 2.45) is 0 Å². The van der Waals surface area contributed by atoms with Gasteiger partial charge in [0.15, 0.2) is 0 Å². The van der Waals surface area contributed by atoms with Gasteiger partial charge in [-0.2, -0.15) is 0 Å². The van der Waals surface area contributed by atoms with Gasteiger partial charge in [-0.1, -0.05) is 0 Å². The molecule has 0 aliphatic heterocycles. The lowest BCUT2D eigenvalue weighted by Gasteiger charge is -2.07. The molecule has 0 spiro atoms. The number of carbonyl (C=O) groups excluding carboxylic acids is 1. The Kier molecular flexibility index (Phi) is 3.60. The molecule has 0 bridgehead atoms. The number of hydrogen-bond donors (Lipinski definition) is 1. The van der Waals surface area contributed by atoms with Crippen LogP contribution in [-0.2, 0) is 16.0 Å². The molecule has 16 heavy (non-hydrogen) atoms. The number of halogens is 1. The number of aliphatic carboxylic acids is 1. The standard InChI is InChI=1S/C11H11FO4/c1-6-8(11(15)16-2)3-7(4-9(6)12)5-10(13)14/h3-4H,5H2,1-2H3,(H,13,14). The van der Waals surface area contributed by atoms with Crippen LogP contribution >= 0.6 is 0 Å². The zero-order valence-corrected chi connectivity index (χ0v) is 8.91. The zero-order valence-electron chi connectivity index (χ0n) is 8.91. The van der Waals surface area contributed by atoms with Gasteiger partial charge in [0.1, 0.15) is 5.82 Å². The van der Waals surface area contributed by atoms with Gasteiger partial charge in [0, 0.05) is 0 Å². The van der Waals surface area contributed by atoms with Crippen LogP contribution in [0.4, 0.5) is 4.39 Å². The van der Waals surface area contributed by atoms with Crippen molar-refractivity contribution in [1.82, 2.24) is 0 Å². The number of benzene rings is 1. The van der Waals surface area contributed by atoms with E-state index >= 15 is 0 Å². The number of ether oxygens (including phenoxy) is 1. The van der Waals surface area contributed by atoms with Crippen molar-refractivity contribution in [2.75, 3.05) is 7.11 Å². The first kappa shape index (κ1) is 12.2. The second-order valence-electron chi connectivity index (χ2n) is 3.31. The fraction of sp³-hybridized carbons (Fsp3) is 0.273. The summed E-state index contributed by atoms with van der Waals surface area (Å²) in [4.78, 5) is 21.8. The number of carboxylic acids is 1. The van der Waals surface area contributed by atoms with Gasteiger partial charge in [-0.05, 0) is 30.2 Å². The molecule has 1 rings (SSSR count). The van der Waals surface area contributed by atoms with E-state index in [1.165, 1.54) is 20.1 Å². The van der Waals surface area contributed by atoms with E-state index in [1.807, 2.05) is 0 Å². The molecule has 86 valence electrons. The Labute approximate surface area is 91.7 Å². The van der Waals surface area contributed by atoms with Crippen molar-refractivity contribution < 1.29 is 23.8 Å². The van der Waals surface area contributed by atoms with Crippen LogP contribution in [-0.4, -0.2) is 24.2 Å². The van der Waals surface area contributed by atoms with Gasteiger partial charge in [0.2, 0.25) is 0 Å². The summed E-state index contributed by atoms with van der Waals surface area (Å²) < 4.78 is 17.9. The van der Waals surface area contributed by atoms with Crippen molar-refractivity contribution in [1.29, 1.82) is 0 Å². The zero-order chi connectivity index (χ0) is 12.3. The summed E-state index contributed by atoms with van der Waals surface area (Å²) in [5.74, 6) is -2.37. The molecule has 0 aliphatic rings. The molecule has 0 radical (unpaired) electrons. The molecule has 0 saturated heterocycles. The Balaban J connectivity index is 3.21. The Morgan fingerprint density at radius 2 is 2.06 bits per heavy atom. The maximum absolute atomic E-state index is 13.4. The topological polar surface area (TPSA) is 63.6 Å². The predicted molar refractivity (Wildman–Crippen MR) is 53.8 cm³/mol. The second kappa shape index (κ2) is 4.74. The average molecular weight is 226 g/mol. The van der Waals surface area contributed by atoms with Crippen LogP contribution in [0, 0.1) is 12.7 Å². The predicted octanol–water partition coefficient (Wildman–Crippen LogP) is 1.55.